The molecule has 0 radical (unpaired) electrons. The fourth-order valence-electron chi connectivity index (χ4n) is 3.90. The summed E-state index contributed by atoms with van der Waals surface area (Å²) >= 11 is 0. The highest BCUT2D eigenvalue weighted by molar-refractivity contribution is 5.96. The Hall–Kier alpha value is -2.87. The second-order valence-electron chi connectivity index (χ2n) is 7.53. The lowest BCUT2D eigenvalue weighted by Crippen LogP contribution is -2.51. The summed E-state index contributed by atoms with van der Waals surface area (Å²) < 4.78 is 12.4. The second kappa shape index (κ2) is 8.24. The number of aryl methyl sites for hydroxylation is 1. The molecule has 2 aliphatic rings. The van der Waals surface area contributed by atoms with Crippen molar-refractivity contribution in [3.63, 3.8) is 0 Å². The largest absolute Gasteiger partial charge is 0.459 e. The van der Waals surface area contributed by atoms with Crippen molar-refractivity contribution in [2.24, 2.45) is 0 Å². The van der Waals surface area contributed by atoms with Crippen molar-refractivity contribution in [1.82, 2.24) is 14.4 Å². The highest BCUT2D eigenvalue weighted by Gasteiger charge is 2.29. The highest BCUT2D eigenvalue weighted by Crippen LogP contribution is 2.15. The van der Waals surface area contributed by atoms with Gasteiger partial charge in [-0.25, -0.2) is 0 Å². The average Bonchev–Trinajstić information content (AvgIpc) is 3.44. The van der Waals surface area contributed by atoms with E-state index in [4.69, 9.17) is 9.15 Å². The number of piperazine rings is 1. The van der Waals surface area contributed by atoms with Crippen molar-refractivity contribution >= 4 is 11.8 Å². The smallest absolute Gasteiger partial charge is 0.289 e. The molecule has 29 heavy (non-hydrogen) atoms. The minimum atomic E-state index is -0.278. The van der Waals surface area contributed by atoms with Crippen LogP contribution in [-0.4, -0.2) is 65.1 Å². The van der Waals surface area contributed by atoms with Crippen LogP contribution in [0.25, 0.3) is 0 Å². The van der Waals surface area contributed by atoms with E-state index in [-0.39, 0.29) is 29.0 Å². The van der Waals surface area contributed by atoms with E-state index < -0.39 is 0 Å². The molecule has 0 aliphatic carbocycles. The monoisotopic (exact) mass is 399 g/mol. The molecule has 0 spiro atoms. The number of rotatable bonds is 4. The number of carbonyl (C=O) groups is 2. The fourth-order valence-corrected chi connectivity index (χ4v) is 3.90. The lowest BCUT2D eigenvalue weighted by molar-refractivity contribution is 0.0516. The molecule has 2 aromatic rings. The van der Waals surface area contributed by atoms with Crippen LogP contribution in [0.3, 0.4) is 0 Å². The quantitative estimate of drug-likeness (QED) is 0.778. The predicted octanol–water partition coefficient (Wildman–Crippen LogP) is 1.53. The van der Waals surface area contributed by atoms with Crippen LogP contribution in [0.2, 0.25) is 0 Å². The molecule has 2 aliphatic heterocycles. The van der Waals surface area contributed by atoms with Gasteiger partial charge >= 0.3 is 0 Å². The Morgan fingerprint density at radius 1 is 1.10 bits per heavy atom. The first-order chi connectivity index (χ1) is 14.0. The van der Waals surface area contributed by atoms with Gasteiger partial charge < -0.3 is 23.5 Å². The lowest BCUT2D eigenvalue weighted by atomic mass is 10.1. The first kappa shape index (κ1) is 19.4. The first-order valence-electron chi connectivity index (χ1n) is 9.98. The van der Waals surface area contributed by atoms with Crippen molar-refractivity contribution in [3.05, 3.63) is 57.9 Å². The molecule has 1 unspecified atom stereocenters. The van der Waals surface area contributed by atoms with Gasteiger partial charge in [0.2, 0.25) is 0 Å². The van der Waals surface area contributed by atoms with E-state index in [1.165, 1.54) is 6.26 Å². The number of nitrogens with zero attached hydrogens (tertiary/aromatic N) is 3. The molecule has 8 heteroatoms. The van der Waals surface area contributed by atoms with Crippen LogP contribution >= 0.6 is 0 Å². The van der Waals surface area contributed by atoms with Gasteiger partial charge in [-0.05, 0) is 43.5 Å². The molecule has 2 amide bonds. The summed E-state index contributed by atoms with van der Waals surface area (Å²) in [6.45, 7) is 4.53. The van der Waals surface area contributed by atoms with E-state index >= 15 is 0 Å². The van der Waals surface area contributed by atoms with E-state index in [1.54, 1.807) is 45.7 Å². The SMILES string of the molecule is Cc1ccn(CC2CCCO2)c(=O)c1C(=O)N1CCN(C(=O)c2ccco2)CC1. The Balaban J connectivity index is 1.46. The van der Waals surface area contributed by atoms with E-state index in [0.717, 1.165) is 19.4 Å². The predicted molar refractivity (Wildman–Crippen MR) is 105 cm³/mol. The molecule has 154 valence electrons. The van der Waals surface area contributed by atoms with Crippen LogP contribution in [-0.2, 0) is 11.3 Å². The topological polar surface area (TPSA) is 85.0 Å². The Labute approximate surface area is 168 Å². The van der Waals surface area contributed by atoms with Crippen LogP contribution in [0.1, 0.15) is 39.3 Å². The maximum Gasteiger partial charge on any atom is 0.289 e. The van der Waals surface area contributed by atoms with Crippen molar-refractivity contribution < 1.29 is 18.7 Å². The summed E-state index contributed by atoms with van der Waals surface area (Å²) in [6, 6.07) is 5.11. The third-order valence-corrected chi connectivity index (χ3v) is 5.60. The van der Waals surface area contributed by atoms with Crippen LogP contribution in [0.4, 0.5) is 0 Å². The molecule has 2 fully saturated rings. The van der Waals surface area contributed by atoms with Crippen molar-refractivity contribution in [1.29, 1.82) is 0 Å². The van der Waals surface area contributed by atoms with Gasteiger partial charge in [-0.1, -0.05) is 0 Å². The number of hydrogen-bond donors (Lipinski definition) is 0. The Morgan fingerprint density at radius 2 is 1.83 bits per heavy atom. The Morgan fingerprint density at radius 3 is 2.45 bits per heavy atom. The third-order valence-electron chi connectivity index (χ3n) is 5.60. The minimum absolute atomic E-state index is 0.0227. The average molecular weight is 399 g/mol. The third kappa shape index (κ3) is 3.98. The van der Waals surface area contributed by atoms with Crippen molar-refractivity contribution in [2.75, 3.05) is 32.8 Å². The molecule has 4 heterocycles. The van der Waals surface area contributed by atoms with E-state index in [2.05, 4.69) is 0 Å². The molecule has 4 rings (SSSR count). The number of aromatic nitrogens is 1. The van der Waals surface area contributed by atoms with Crippen LogP contribution in [0.5, 0.6) is 0 Å². The van der Waals surface area contributed by atoms with E-state index in [1.807, 2.05) is 0 Å². The maximum absolute atomic E-state index is 13.1. The zero-order chi connectivity index (χ0) is 20.4. The first-order valence-corrected chi connectivity index (χ1v) is 9.98. The molecule has 0 N–H and O–H groups in total. The summed E-state index contributed by atoms with van der Waals surface area (Å²) in [5.74, 6) is -0.170. The van der Waals surface area contributed by atoms with Crippen molar-refractivity contribution in [3.8, 4) is 0 Å². The fraction of sp³-hybridized carbons (Fsp3) is 0.476. The van der Waals surface area contributed by atoms with Gasteiger partial charge in [-0.2, -0.15) is 0 Å². The Kier molecular flexibility index (Phi) is 5.53. The minimum Gasteiger partial charge on any atom is -0.459 e. The van der Waals surface area contributed by atoms with Crippen LogP contribution in [0.15, 0.2) is 39.9 Å². The summed E-state index contributed by atoms with van der Waals surface area (Å²) in [6.07, 6.45) is 5.14. The molecular weight excluding hydrogens is 374 g/mol. The summed E-state index contributed by atoms with van der Waals surface area (Å²) in [7, 11) is 0. The molecule has 0 bridgehead atoms. The van der Waals surface area contributed by atoms with Crippen LogP contribution < -0.4 is 5.56 Å². The molecular formula is C21H25N3O5. The standard InChI is InChI=1S/C21H25N3O5/c1-15-6-7-24(14-16-4-2-12-28-16)21(27)18(15)20(26)23-10-8-22(9-11-23)19(25)17-5-3-13-29-17/h3,5-7,13,16H,2,4,8-12,14H2,1H3. The number of amides is 2. The van der Waals surface area contributed by atoms with Crippen LogP contribution in [0, 0.1) is 6.92 Å². The van der Waals surface area contributed by atoms with Gasteiger partial charge in [0.1, 0.15) is 5.56 Å². The van der Waals surface area contributed by atoms with E-state index in [0.29, 0.717) is 44.0 Å². The number of hydrogen-bond acceptors (Lipinski definition) is 5. The van der Waals surface area contributed by atoms with Gasteiger partial charge in [-0.15, -0.1) is 0 Å². The second-order valence-corrected chi connectivity index (χ2v) is 7.53. The Bertz CT molecular complexity index is 936. The summed E-state index contributed by atoms with van der Waals surface area (Å²) in [4.78, 5) is 41.8. The molecule has 1 atom stereocenters. The van der Waals surface area contributed by atoms with Gasteiger partial charge in [0, 0.05) is 39.0 Å². The number of carbonyl (C=O) groups excluding carboxylic acids is 2. The highest BCUT2D eigenvalue weighted by atomic mass is 16.5. The van der Waals surface area contributed by atoms with Gasteiger partial charge in [0.05, 0.1) is 18.9 Å². The summed E-state index contributed by atoms with van der Waals surface area (Å²) in [5.41, 5.74) is 0.591. The number of furan rings is 1. The lowest BCUT2D eigenvalue weighted by Gasteiger charge is -2.34. The van der Waals surface area contributed by atoms with Gasteiger partial charge in [-0.3, -0.25) is 14.4 Å². The van der Waals surface area contributed by atoms with Gasteiger partial charge in [0.25, 0.3) is 17.4 Å². The number of pyridine rings is 1. The number of ether oxygens (including phenoxy) is 1. The molecule has 2 saturated heterocycles. The molecule has 2 aromatic heterocycles. The zero-order valence-electron chi connectivity index (χ0n) is 16.5. The normalized spacial score (nSPS) is 19.6. The van der Waals surface area contributed by atoms with Crippen molar-refractivity contribution in [2.45, 2.75) is 32.4 Å². The molecule has 0 aromatic carbocycles. The van der Waals surface area contributed by atoms with Gasteiger partial charge in [0.15, 0.2) is 5.76 Å². The molecule has 0 saturated carbocycles. The summed E-state index contributed by atoms with van der Waals surface area (Å²) in [5, 5.41) is 0. The molecule has 8 nitrogen and oxygen atoms in total. The maximum atomic E-state index is 13.1. The zero-order valence-corrected chi connectivity index (χ0v) is 16.5. The van der Waals surface area contributed by atoms with E-state index in [9.17, 15) is 14.4 Å².